The van der Waals surface area contributed by atoms with Crippen LogP contribution >= 0.6 is 0 Å². The smallest absolute Gasteiger partial charge is 0.222 e. The summed E-state index contributed by atoms with van der Waals surface area (Å²) in [6.07, 6.45) is 8.01. The predicted molar refractivity (Wildman–Crippen MR) is 69.8 cm³/mol. The van der Waals surface area contributed by atoms with Crippen LogP contribution in [0.3, 0.4) is 0 Å². The van der Waals surface area contributed by atoms with Gasteiger partial charge in [-0.2, -0.15) is 0 Å². The molecule has 1 heterocycles. The minimum absolute atomic E-state index is 0.317. The van der Waals surface area contributed by atoms with Gasteiger partial charge in [0.05, 0.1) is 0 Å². The molecular formula is C14H24N2O. The normalized spacial score (nSPS) is 22.1. The highest BCUT2D eigenvalue weighted by molar-refractivity contribution is 5.76. The number of hydrogen-bond donors (Lipinski definition) is 1. The number of rotatable bonds is 5. The molecule has 2 rings (SSSR count). The second-order valence-corrected chi connectivity index (χ2v) is 5.38. The first-order valence-electron chi connectivity index (χ1n) is 6.93. The van der Waals surface area contributed by atoms with Crippen LogP contribution in [0.1, 0.15) is 44.9 Å². The third kappa shape index (κ3) is 4.50. The fourth-order valence-corrected chi connectivity index (χ4v) is 2.28. The van der Waals surface area contributed by atoms with Crippen molar-refractivity contribution in [2.75, 3.05) is 19.6 Å². The Hall–Kier alpha value is -0.830. The fourth-order valence-electron chi connectivity index (χ4n) is 2.28. The average Bonchev–Trinajstić information content (AvgIpc) is 3.10. The Balaban J connectivity index is 1.73. The van der Waals surface area contributed by atoms with Crippen LogP contribution < -0.4 is 5.32 Å². The summed E-state index contributed by atoms with van der Waals surface area (Å²) in [5.41, 5.74) is 1.14. The average molecular weight is 236 g/mol. The number of carbonyl (C=O) groups is 1. The molecule has 0 aromatic carbocycles. The monoisotopic (exact) mass is 236 g/mol. The van der Waals surface area contributed by atoms with E-state index >= 15 is 0 Å². The third-order valence-corrected chi connectivity index (χ3v) is 3.55. The van der Waals surface area contributed by atoms with Gasteiger partial charge in [-0.1, -0.05) is 19.4 Å². The highest BCUT2D eigenvalue weighted by atomic mass is 16.2. The molecule has 0 radical (unpaired) electrons. The lowest BCUT2D eigenvalue weighted by molar-refractivity contribution is -0.131. The lowest BCUT2D eigenvalue weighted by atomic mass is 10.1. The molecule has 3 nitrogen and oxygen atoms in total. The fraction of sp³-hybridized carbons (Fsp3) is 0.786. The van der Waals surface area contributed by atoms with Gasteiger partial charge in [0, 0.05) is 32.1 Å². The maximum Gasteiger partial charge on any atom is 0.222 e. The number of amides is 1. The summed E-state index contributed by atoms with van der Waals surface area (Å²) in [7, 11) is 0. The molecule has 1 saturated heterocycles. The van der Waals surface area contributed by atoms with Crippen molar-refractivity contribution in [3.8, 4) is 0 Å². The van der Waals surface area contributed by atoms with Gasteiger partial charge in [0.15, 0.2) is 0 Å². The summed E-state index contributed by atoms with van der Waals surface area (Å²) >= 11 is 0. The maximum absolute atomic E-state index is 11.9. The van der Waals surface area contributed by atoms with Crippen LogP contribution in [0.25, 0.3) is 0 Å². The quantitative estimate of drug-likeness (QED) is 0.741. The molecule has 3 heteroatoms. The van der Waals surface area contributed by atoms with Crippen LogP contribution in [0.2, 0.25) is 0 Å². The lowest BCUT2D eigenvalue weighted by Crippen LogP contribution is -2.36. The van der Waals surface area contributed by atoms with E-state index in [0.717, 1.165) is 50.5 Å². The molecular weight excluding hydrogens is 212 g/mol. The molecule has 1 saturated carbocycles. The first-order chi connectivity index (χ1) is 8.25. The topological polar surface area (TPSA) is 32.3 Å². The molecule has 1 amide bonds. The minimum Gasteiger partial charge on any atom is -0.339 e. The number of hydrogen-bond acceptors (Lipinski definition) is 2. The lowest BCUT2D eigenvalue weighted by Gasteiger charge is -2.25. The van der Waals surface area contributed by atoms with Crippen LogP contribution in [-0.2, 0) is 4.79 Å². The number of likely N-dealkylation sites (tertiary alicyclic amines) is 1. The molecule has 0 aromatic heterocycles. The second-order valence-electron chi connectivity index (χ2n) is 5.38. The molecule has 96 valence electrons. The zero-order chi connectivity index (χ0) is 12.1. The van der Waals surface area contributed by atoms with Gasteiger partial charge in [-0.3, -0.25) is 4.79 Å². The maximum atomic E-state index is 11.9. The van der Waals surface area contributed by atoms with Crippen molar-refractivity contribution >= 4 is 5.91 Å². The van der Waals surface area contributed by atoms with Crippen LogP contribution in [0, 0.1) is 0 Å². The zero-order valence-corrected chi connectivity index (χ0v) is 10.7. The number of nitrogens with one attached hydrogen (secondary N) is 1. The summed E-state index contributed by atoms with van der Waals surface area (Å²) in [6.45, 7) is 6.62. The summed E-state index contributed by atoms with van der Waals surface area (Å²) in [5, 5.41) is 3.45. The molecule has 1 aliphatic carbocycles. The number of carbonyl (C=O) groups excluding carboxylic acids is 1. The minimum atomic E-state index is 0.317. The highest BCUT2D eigenvalue weighted by Gasteiger charge is 2.21. The van der Waals surface area contributed by atoms with Gasteiger partial charge in [0.2, 0.25) is 5.91 Å². The first kappa shape index (κ1) is 12.6. The summed E-state index contributed by atoms with van der Waals surface area (Å²) in [6, 6.07) is 0.717. The molecule has 0 bridgehead atoms. The van der Waals surface area contributed by atoms with E-state index in [0.29, 0.717) is 5.91 Å². The van der Waals surface area contributed by atoms with Gasteiger partial charge in [-0.05, 0) is 31.3 Å². The van der Waals surface area contributed by atoms with E-state index < -0.39 is 0 Å². The Morgan fingerprint density at radius 3 is 2.82 bits per heavy atom. The standard InChI is InChI=1S/C14H24N2O/c1-12(10-15-13-7-8-13)11-16-9-5-3-2-4-6-14(16)17/h13,15H,1-11H2. The van der Waals surface area contributed by atoms with Crippen LogP contribution in [-0.4, -0.2) is 36.5 Å². The molecule has 0 aromatic rings. The van der Waals surface area contributed by atoms with E-state index in [1.54, 1.807) is 0 Å². The molecule has 0 spiro atoms. The van der Waals surface area contributed by atoms with Crippen LogP contribution in [0.15, 0.2) is 12.2 Å². The van der Waals surface area contributed by atoms with Crippen molar-refractivity contribution < 1.29 is 4.79 Å². The van der Waals surface area contributed by atoms with Crippen LogP contribution in [0.5, 0.6) is 0 Å². The van der Waals surface area contributed by atoms with Gasteiger partial charge in [0.1, 0.15) is 0 Å². The molecule has 1 aliphatic heterocycles. The van der Waals surface area contributed by atoms with E-state index in [1.165, 1.54) is 25.7 Å². The van der Waals surface area contributed by atoms with Gasteiger partial charge in [-0.25, -0.2) is 0 Å². The Labute approximate surface area is 104 Å². The third-order valence-electron chi connectivity index (χ3n) is 3.55. The van der Waals surface area contributed by atoms with Gasteiger partial charge in [0.25, 0.3) is 0 Å². The Kier molecular flexibility index (Phi) is 4.60. The molecule has 2 aliphatic rings. The molecule has 0 unspecified atom stereocenters. The second kappa shape index (κ2) is 6.20. The van der Waals surface area contributed by atoms with Gasteiger partial charge < -0.3 is 10.2 Å². The van der Waals surface area contributed by atoms with Gasteiger partial charge >= 0.3 is 0 Å². The van der Waals surface area contributed by atoms with E-state index in [4.69, 9.17) is 0 Å². The van der Waals surface area contributed by atoms with E-state index in [1.807, 2.05) is 4.90 Å². The Bertz CT molecular complexity index is 284. The molecule has 2 fully saturated rings. The zero-order valence-electron chi connectivity index (χ0n) is 10.7. The number of nitrogens with zero attached hydrogens (tertiary/aromatic N) is 1. The van der Waals surface area contributed by atoms with Crippen molar-refractivity contribution in [1.29, 1.82) is 0 Å². The van der Waals surface area contributed by atoms with Crippen molar-refractivity contribution in [2.24, 2.45) is 0 Å². The Morgan fingerprint density at radius 2 is 2.06 bits per heavy atom. The van der Waals surface area contributed by atoms with Crippen molar-refractivity contribution in [1.82, 2.24) is 10.2 Å². The predicted octanol–water partition coefficient (Wildman–Crippen LogP) is 2.09. The SMILES string of the molecule is C=C(CNC1CC1)CN1CCCCCCC1=O. The highest BCUT2D eigenvalue weighted by Crippen LogP contribution is 2.19. The van der Waals surface area contributed by atoms with E-state index in [2.05, 4.69) is 11.9 Å². The summed E-state index contributed by atoms with van der Waals surface area (Å²) < 4.78 is 0. The van der Waals surface area contributed by atoms with Crippen LogP contribution in [0.4, 0.5) is 0 Å². The van der Waals surface area contributed by atoms with Crippen molar-refractivity contribution in [3.63, 3.8) is 0 Å². The first-order valence-corrected chi connectivity index (χ1v) is 6.93. The van der Waals surface area contributed by atoms with Crippen molar-refractivity contribution in [2.45, 2.75) is 51.0 Å². The molecule has 1 N–H and O–H groups in total. The van der Waals surface area contributed by atoms with Gasteiger partial charge in [-0.15, -0.1) is 0 Å². The molecule has 17 heavy (non-hydrogen) atoms. The Morgan fingerprint density at radius 1 is 1.29 bits per heavy atom. The van der Waals surface area contributed by atoms with E-state index in [-0.39, 0.29) is 0 Å². The summed E-state index contributed by atoms with van der Waals surface area (Å²) in [5.74, 6) is 0.317. The largest absolute Gasteiger partial charge is 0.339 e. The van der Waals surface area contributed by atoms with Crippen molar-refractivity contribution in [3.05, 3.63) is 12.2 Å². The van der Waals surface area contributed by atoms with E-state index in [9.17, 15) is 4.79 Å². The summed E-state index contributed by atoms with van der Waals surface area (Å²) in [4.78, 5) is 13.9. The molecule has 0 atom stereocenters.